The van der Waals surface area contributed by atoms with Gasteiger partial charge in [0.2, 0.25) is 0 Å². The van der Waals surface area contributed by atoms with Crippen LogP contribution >= 0.6 is 0 Å². The average molecular weight is 402 g/mol. The molecular weight excluding hydrogens is 370 g/mol. The lowest BCUT2D eigenvalue weighted by molar-refractivity contribution is -0.127. The first-order valence-electron chi connectivity index (χ1n) is 11.2. The van der Waals surface area contributed by atoms with Crippen molar-refractivity contribution in [1.82, 2.24) is 0 Å². The van der Waals surface area contributed by atoms with Crippen molar-refractivity contribution >= 4 is 17.5 Å². The third-order valence-corrected chi connectivity index (χ3v) is 8.10. The van der Waals surface area contributed by atoms with Crippen LogP contribution in [0.1, 0.15) is 55.2 Å². The summed E-state index contributed by atoms with van der Waals surface area (Å²) in [4.78, 5) is 15.6. The molecular formula is C27H31NO2. The Balaban J connectivity index is 1.44. The molecule has 30 heavy (non-hydrogen) atoms. The SMILES string of the molecule is CN(C)c1ccc(/C=C2\C[C@H]3[C@@H]4CCc5cc(O)ccc5[C@H]4CC[C@]3(C)C2=O)cc1. The van der Waals surface area contributed by atoms with Crippen molar-refractivity contribution in [2.45, 2.75) is 44.9 Å². The predicted molar refractivity (Wildman–Crippen MR) is 122 cm³/mol. The van der Waals surface area contributed by atoms with Crippen molar-refractivity contribution < 1.29 is 9.90 Å². The molecule has 4 atom stereocenters. The quantitative estimate of drug-likeness (QED) is 0.668. The summed E-state index contributed by atoms with van der Waals surface area (Å²) >= 11 is 0. The number of hydrogen-bond acceptors (Lipinski definition) is 3. The van der Waals surface area contributed by atoms with Crippen molar-refractivity contribution in [3.8, 4) is 5.75 Å². The van der Waals surface area contributed by atoms with Gasteiger partial charge in [-0.05, 0) is 102 Å². The normalized spacial score (nSPS) is 31.2. The maximum Gasteiger partial charge on any atom is 0.165 e. The number of allylic oxidation sites excluding steroid dienone is 1. The number of phenolic OH excluding ortho intramolecular Hbond substituents is 1. The zero-order valence-electron chi connectivity index (χ0n) is 18.2. The lowest BCUT2D eigenvalue weighted by Gasteiger charge is -2.48. The van der Waals surface area contributed by atoms with Crippen molar-refractivity contribution in [1.29, 1.82) is 0 Å². The van der Waals surface area contributed by atoms with Crippen LogP contribution in [0.25, 0.3) is 6.08 Å². The Morgan fingerprint density at radius 3 is 2.60 bits per heavy atom. The Morgan fingerprint density at radius 2 is 1.87 bits per heavy atom. The molecule has 3 nitrogen and oxygen atoms in total. The molecule has 0 bridgehead atoms. The number of aryl methyl sites for hydroxylation is 1. The van der Waals surface area contributed by atoms with Gasteiger partial charge in [-0.3, -0.25) is 4.79 Å². The van der Waals surface area contributed by atoms with Gasteiger partial charge in [0.1, 0.15) is 5.75 Å². The minimum Gasteiger partial charge on any atom is -0.508 e. The minimum atomic E-state index is -0.217. The van der Waals surface area contributed by atoms with E-state index in [0.29, 0.717) is 29.3 Å². The standard InChI is InChI=1S/C27H31NO2/c1-27-13-12-23-22-11-9-21(29)15-18(22)6-10-24(23)25(27)16-19(26(27)30)14-17-4-7-20(8-5-17)28(2)3/h4-5,7-9,11,14-15,23-25,29H,6,10,12-13,16H2,1-3H3/b19-14+/t23-,24-,25+,27+/m1/s1. The van der Waals surface area contributed by atoms with Gasteiger partial charge in [-0.15, -0.1) is 0 Å². The second-order valence-corrected chi connectivity index (χ2v) is 9.94. The molecule has 156 valence electrons. The van der Waals surface area contributed by atoms with E-state index in [9.17, 15) is 9.90 Å². The van der Waals surface area contributed by atoms with Gasteiger partial charge in [-0.25, -0.2) is 0 Å². The Morgan fingerprint density at radius 1 is 1.10 bits per heavy atom. The van der Waals surface area contributed by atoms with E-state index in [1.54, 1.807) is 0 Å². The lowest BCUT2D eigenvalue weighted by Crippen LogP contribution is -2.42. The smallest absolute Gasteiger partial charge is 0.165 e. The van der Waals surface area contributed by atoms with Crippen molar-refractivity contribution in [2.24, 2.45) is 17.3 Å². The first-order chi connectivity index (χ1) is 14.4. The minimum absolute atomic E-state index is 0.217. The van der Waals surface area contributed by atoms with Gasteiger partial charge >= 0.3 is 0 Å². The molecule has 1 N–H and O–H groups in total. The van der Waals surface area contributed by atoms with Gasteiger partial charge in [0.25, 0.3) is 0 Å². The molecule has 0 unspecified atom stereocenters. The lowest BCUT2D eigenvalue weighted by atomic mass is 9.55. The van der Waals surface area contributed by atoms with Crippen LogP contribution in [0.5, 0.6) is 5.75 Å². The van der Waals surface area contributed by atoms with Gasteiger partial charge in [0.15, 0.2) is 5.78 Å². The Hall–Kier alpha value is -2.55. The molecule has 2 aromatic rings. The first-order valence-corrected chi connectivity index (χ1v) is 11.2. The summed E-state index contributed by atoms with van der Waals surface area (Å²) in [6.45, 7) is 2.22. The number of aromatic hydroxyl groups is 1. The van der Waals surface area contributed by atoms with Crippen LogP contribution in [0.2, 0.25) is 0 Å². The van der Waals surface area contributed by atoms with E-state index in [2.05, 4.69) is 48.2 Å². The molecule has 3 aliphatic carbocycles. The molecule has 0 amide bonds. The number of ketones is 1. The van der Waals surface area contributed by atoms with Gasteiger partial charge in [-0.1, -0.05) is 25.1 Å². The van der Waals surface area contributed by atoms with E-state index in [4.69, 9.17) is 0 Å². The van der Waals surface area contributed by atoms with Gasteiger partial charge < -0.3 is 10.0 Å². The number of rotatable bonds is 2. The van der Waals surface area contributed by atoms with E-state index in [-0.39, 0.29) is 5.41 Å². The molecule has 0 aromatic heterocycles. The molecule has 0 spiro atoms. The van der Waals surface area contributed by atoms with Crippen LogP contribution < -0.4 is 4.90 Å². The summed E-state index contributed by atoms with van der Waals surface area (Å²) in [7, 11) is 4.08. The predicted octanol–water partition coefficient (Wildman–Crippen LogP) is 5.58. The monoisotopic (exact) mass is 401 g/mol. The molecule has 3 heteroatoms. The Kier molecular flexibility index (Phi) is 4.53. The van der Waals surface area contributed by atoms with E-state index in [0.717, 1.165) is 43.2 Å². The van der Waals surface area contributed by atoms with Crippen LogP contribution in [0, 0.1) is 17.3 Å². The molecule has 2 fully saturated rings. The molecule has 3 aliphatic rings. The molecule has 2 saturated carbocycles. The highest BCUT2D eigenvalue weighted by molar-refractivity contribution is 6.06. The van der Waals surface area contributed by atoms with Crippen LogP contribution in [-0.4, -0.2) is 25.0 Å². The largest absolute Gasteiger partial charge is 0.508 e. The Labute approximate surface area is 179 Å². The van der Waals surface area contributed by atoms with Crippen LogP contribution in [0.15, 0.2) is 48.0 Å². The topological polar surface area (TPSA) is 40.5 Å². The molecule has 0 radical (unpaired) electrons. The molecule has 0 heterocycles. The maximum absolute atomic E-state index is 13.5. The van der Waals surface area contributed by atoms with Crippen LogP contribution in [0.4, 0.5) is 5.69 Å². The Bertz CT molecular complexity index is 1020. The van der Waals surface area contributed by atoms with Crippen molar-refractivity contribution in [2.75, 3.05) is 19.0 Å². The summed E-state index contributed by atoms with van der Waals surface area (Å²) in [6.07, 6.45) is 7.21. The van der Waals surface area contributed by atoms with E-state index in [1.807, 2.05) is 26.2 Å². The number of hydrogen-bond donors (Lipinski definition) is 1. The molecule has 0 saturated heterocycles. The highest BCUT2D eigenvalue weighted by Gasteiger charge is 2.56. The molecule has 2 aromatic carbocycles. The highest BCUT2D eigenvalue weighted by Crippen LogP contribution is 2.60. The number of carbonyl (C=O) groups is 1. The fraction of sp³-hybridized carbons (Fsp3) is 0.444. The zero-order chi connectivity index (χ0) is 21.0. The zero-order valence-corrected chi connectivity index (χ0v) is 18.2. The maximum atomic E-state index is 13.5. The van der Waals surface area contributed by atoms with Gasteiger partial charge in [0.05, 0.1) is 0 Å². The number of nitrogens with zero attached hydrogens (tertiary/aromatic N) is 1. The number of benzene rings is 2. The third kappa shape index (κ3) is 2.98. The van der Waals surface area contributed by atoms with Gasteiger partial charge in [0, 0.05) is 25.2 Å². The van der Waals surface area contributed by atoms with E-state index >= 15 is 0 Å². The van der Waals surface area contributed by atoms with Crippen LogP contribution in [-0.2, 0) is 11.2 Å². The second kappa shape index (κ2) is 7.01. The number of phenols is 1. The average Bonchev–Trinajstić information content (AvgIpc) is 2.98. The third-order valence-electron chi connectivity index (χ3n) is 8.10. The summed E-state index contributed by atoms with van der Waals surface area (Å²) in [5.41, 5.74) is 5.80. The second-order valence-electron chi connectivity index (χ2n) is 9.94. The summed E-state index contributed by atoms with van der Waals surface area (Å²) < 4.78 is 0. The number of Topliss-reactive ketones (excluding diaryl/α,β-unsaturated/α-hetero) is 1. The fourth-order valence-electron chi connectivity index (χ4n) is 6.44. The van der Waals surface area contributed by atoms with Crippen molar-refractivity contribution in [3.63, 3.8) is 0 Å². The molecule has 5 rings (SSSR count). The summed E-state index contributed by atoms with van der Waals surface area (Å²) in [6, 6.07) is 14.4. The highest BCUT2D eigenvalue weighted by atomic mass is 16.3. The summed E-state index contributed by atoms with van der Waals surface area (Å²) in [5.74, 6) is 2.26. The van der Waals surface area contributed by atoms with Crippen molar-refractivity contribution in [3.05, 3.63) is 64.7 Å². The number of anilines is 1. The summed E-state index contributed by atoms with van der Waals surface area (Å²) in [5, 5.41) is 9.88. The molecule has 0 aliphatic heterocycles. The first kappa shape index (κ1) is 19.4. The van der Waals surface area contributed by atoms with Crippen LogP contribution in [0.3, 0.4) is 0 Å². The van der Waals surface area contributed by atoms with E-state index in [1.165, 1.54) is 16.8 Å². The van der Waals surface area contributed by atoms with Gasteiger partial charge in [-0.2, -0.15) is 0 Å². The fourth-order valence-corrected chi connectivity index (χ4v) is 6.44. The number of carbonyl (C=O) groups excluding carboxylic acids is 1. The number of fused-ring (bicyclic) bond motifs is 5. The van der Waals surface area contributed by atoms with E-state index < -0.39 is 0 Å².